The highest BCUT2D eigenvalue weighted by atomic mass is 32.2. The van der Waals surface area contributed by atoms with Crippen LogP contribution in [-0.2, 0) is 17.0 Å². The van der Waals surface area contributed by atoms with Gasteiger partial charge in [-0.1, -0.05) is 0 Å². The number of thioether (sulfide) groups is 1. The maximum atomic E-state index is 14.6. The third-order valence-corrected chi connectivity index (χ3v) is 11.5. The number of hydrogen-bond acceptors (Lipinski definition) is 13. The van der Waals surface area contributed by atoms with Gasteiger partial charge in [0.2, 0.25) is 11.9 Å². The summed E-state index contributed by atoms with van der Waals surface area (Å²) in [5, 5.41) is 10.3. The minimum atomic E-state index is -0.875. The van der Waals surface area contributed by atoms with E-state index in [1.54, 1.807) is 23.7 Å². The van der Waals surface area contributed by atoms with E-state index in [0.29, 0.717) is 42.6 Å². The van der Waals surface area contributed by atoms with Crippen LogP contribution in [0.3, 0.4) is 0 Å². The lowest BCUT2D eigenvalue weighted by Gasteiger charge is -2.47. The summed E-state index contributed by atoms with van der Waals surface area (Å²) >= 11 is 3.29. The molecule has 0 aromatic carbocycles. The number of nitrogens with two attached hydrogens (primary N) is 2. The summed E-state index contributed by atoms with van der Waals surface area (Å²) in [6.45, 7) is 2.81. The Morgan fingerprint density at radius 1 is 1.29 bits per heavy atom. The van der Waals surface area contributed by atoms with Crippen LogP contribution in [0, 0.1) is 17.1 Å². The van der Waals surface area contributed by atoms with E-state index in [0.717, 1.165) is 35.6 Å². The van der Waals surface area contributed by atoms with Crippen molar-refractivity contribution >= 4 is 45.8 Å². The molecular formula is C27H30F2N10OS2. The van der Waals surface area contributed by atoms with Gasteiger partial charge in [0.05, 0.1) is 22.4 Å². The fourth-order valence-electron chi connectivity index (χ4n) is 6.74. The summed E-state index contributed by atoms with van der Waals surface area (Å²) in [6, 6.07) is 3.68. The Morgan fingerprint density at radius 2 is 2.12 bits per heavy atom. The predicted molar refractivity (Wildman–Crippen MR) is 158 cm³/mol. The first-order valence-electron chi connectivity index (χ1n) is 13.8. The smallest absolute Gasteiger partial charge is 0.323 e. The van der Waals surface area contributed by atoms with Crippen molar-refractivity contribution in [1.29, 1.82) is 5.26 Å². The molecule has 3 fully saturated rings. The molecule has 2 atom stereocenters. The molecule has 220 valence electrons. The third-order valence-electron chi connectivity index (χ3n) is 8.82. The van der Waals surface area contributed by atoms with Crippen molar-refractivity contribution < 1.29 is 13.5 Å². The number of aromatic nitrogens is 4. The highest BCUT2D eigenvalue weighted by Gasteiger charge is 2.53. The number of alkyl halides is 1. The molecule has 4 N–H and O–H groups in total. The molecule has 4 aliphatic rings. The molecule has 42 heavy (non-hydrogen) atoms. The Kier molecular flexibility index (Phi) is 6.55. The van der Waals surface area contributed by atoms with Gasteiger partial charge in [0.1, 0.15) is 35.5 Å². The van der Waals surface area contributed by atoms with E-state index >= 15 is 0 Å². The lowest BCUT2D eigenvalue weighted by molar-refractivity contribution is 0.107. The Morgan fingerprint density at radius 3 is 2.90 bits per heavy atom. The zero-order valence-corrected chi connectivity index (χ0v) is 24.6. The van der Waals surface area contributed by atoms with Gasteiger partial charge in [-0.3, -0.25) is 4.90 Å². The van der Waals surface area contributed by atoms with E-state index in [9.17, 15) is 14.0 Å². The molecule has 0 saturated carbocycles. The normalized spacial score (nSPS) is 24.0. The van der Waals surface area contributed by atoms with Crippen LogP contribution in [0.25, 0.3) is 0 Å². The lowest BCUT2D eigenvalue weighted by Crippen LogP contribution is -2.57. The van der Waals surface area contributed by atoms with Gasteiger partial charge in [-0.15, -0.1) is 23.1 Å². The summed E-state index contributed by atoms with van der Waals surface area (Å²) in [5.41, 5.74) is 13.6. The van der Waals surface area contributed by atoms with Gasteiger partial charge in [-0.05, 0) is 25.5 Å². The monoisotopic (exact) mass is 612 g/mol. The quantitative estimate of drug-likeness (QED) is 0.404. The average molecular weight is 613 g/mol. The van der Waals surface area contributed by atoms with Crippen molar-refractivity contribution in [2.45, 2.75) is 48.0 Å². The van der Waals surface area contributed by atoms with Crippen LogP contribution in [0.15, 0.2) is 12.3 Å². The van der Waals surface area contributed by atoms with E-state index in [4.69, 9.17) is 21.2 Å². The van der Waals surface area contributed by atoms with E-state index in [2.05, 4.69) is 25.9 Å². The largest absolute Gasteiger partial charge is 0.461 e. The summed E-state index contributed by atoms with van der Waals surface area (Å²) in [7, 11) is 1.74. The van der Waals surface area contributed by atoms with Crippen LogP contribution in [0.1, 0.15) is 40.8 Å². The minimum absolute atomic E-state index is 0.0819. The molecule has 3 aromatic heterocycles. The number of anilines is 4. The van der Waals surface area contributed by atoms with Crippen LogP contribution in [0.5, 0.6) is 6.01 Å². The van der Waals surface area contributed by atoms with E-state index < -0.39 is 12.0 Å². The number of nitriles is 1. The summed E-state index contributed by atoms with van der Waals surface area (Å²) in [6.07, 6.45) is 2.73. The van der Waals surface area contributed by atoms with Crippen LogP contribution < -0.4 is 26.0 Å². The Hall–Kier alpha value is -3.48. The van der Waals surface area contributed by atoms with E-state index in [1.165, 1.54) is 23.6 Å². The molecule has 3 saturated heterocycles. The molecular weight excluding hydrogens is 582 g/mol. The van der Waals surface area contributed by atoms with Crippen LogP contribution in [0.4, 0.5) is 31.5 Å². The number of fused-ring (bicyclic) bond motifs is 3. The molecule has 7 heterocycles. The van der Waals surface area contributed by atoms with Crippen molar-refractivity contribution in [2.75, 3.05) is 61.1 Å². The SMILES string of the molecule is CN(Cc1c(F)ccnc1N)c1nc(OC[C@@]23CCCN2C[C@H](F)C3)nc(N2CC3(C2)SCc2sc(N)c(C#N)c23)n1. The molecule has 0 amide bonds. The number of nitrogens with zero attached hydrogens (tertiary/aromatic N) is 8. The molecule has 4 aliphatic heterocycles. The molecule has 0 bridgehead atoms. The standard InChI is InChI=1S/C27H30F2N10OS2/c1-37(10-17-18(29)3-5-33-21(17)31)23-34-24(36-25(35-23)40-14-26-4-2-6-39(26)9-15(28)7-26)38-12-27(13-38)20-16(8-30)22(32)42-19(20)11-41-27/h3,5,15H,2,4,6-7,9-14,32H2,1H3,(H2,31,33)/t15-,26+/m1/s1. The highest BCUT2D eigenvalue weighted by Crippen LogP contribution is 2.57. The Labute approximate surface area is 249 Å². The van der Waals surface area contributed by atoms with Crippen molar-refractivity contribution in [2.24, 2.45) is 0 Å². The number of pyridine rings is 1. The third kappa shape index (κ3) is 4.38. The first kappa shape index (κ1) is 27.4. The number of ether oxygens (including phenoxy) is 1. The predicted octanol–water partition coefficient (Wildman–Crippen LogP) is 3.06. The molecule has 0 radical (unpaired) electrons. The number of halogens is 2. The lowest BCUT2D eigenvalue weighted by atomic mass is 9.88. The van der Waals surface area contributed by atoms with Crippen LogP contribution >= 0.6 is 23.1 Å². The van der Waals surface area contributed by atoms with Crippen LogP contribution in [0.2, 0.25) is 0 Å². The number of nitrogen functional groups attached to an aromatic ring is 2. The van der Waals surface area contributed by atoms with Gasteiger partial charge in [0, 0.05) is 61.1 Å². The van der Waals surface area contributed by atoms with Gasteiger partial charge < -0.3 is 26.0 Å². The first-order valence-corrected chi connectivity index (χ1v) is 15.6. The molecule has 1 spiro atoms. The molecule has 0 aliphatic carbocycles. The fourth-order valence-corrected chi connectivity index (χ4v) is 9.54. The molecule has 7 rings (SSSR count). The topological polar surface area (TPSA) is 146 Å². The number of thiophene rings is 1. The van der Waals surface area contributed by atoms with E-state index in [1.807, 2.05) is 4.90 Å². The zero-order chi connectivity index (χ0) is 29.2. The van der Waals surface area contributed by atoms with Crippen molar-refractivity contribution in [1.82, 2.24) is 24.8 Å². The molecule has 11 nitrogen and oxygen atoms in total. The van der Waals surface area contributed by atoms with Gasteiger partial charge in [-0.2, -0.15) is 20.2 Å². The van der Waals surface area contributed by atoms with Crippen molar-refractivity contribution in [3.05, 3.63) is 39.6 Å². The second kappa shape index (κ2) is 10.1. The summed E-state index contributed by atoms with van der Waals surface area (Å²) in [5.74, 6) is 1.14. The van der Waals surface area contributed by atoms with Gasteiger partial charge in [0.15, 0.2) is 0 Å². The summed E-state index contributed by atoms with van der Waals surface area (Å²) < 4.78 is 34.9. The maximum absolute atomic E-state index is 14.6. The number of hydrogen-bond donors (Lipinski definition) is 2. The van der Waals surface area contributed by atoms with Crippen molar-refractivity contribution in [3.8, 4) is 12.1 Å². The average Bonchev–Trinajstić information content (AvgIpc) is 3.66. The van der Waals surface area contributed by atoms with E-state index in [-0.39, 0.29) is 46.8 Å². The van der Waals surface area contributed by atoms with Gasteiger partial charge >= 0.3 is 6.01 Å². The van der Waals surface area contributed by atoms with Gasteiger partial charge in [-0.25, -0.2) is 13.8 Å². The molecule has 0 unspecified atom stereocenters. The fraction of sp³-hybridized carbons (Fsp3) is 0.519. The Balaban J connectivity index is 1.17. The summed E-state index contributed by atoms with van der Waals surface area (Å²) in [4.78, 5) is 25.0. The van der Waals surface area contributed by atoms with Gasteiger partial charge in [0.25, 0.3) is 0 Å². The second-order valence-electron chi connectivity index (χ2n) is 11.5. The zero-order valence-electron chi connectivity index (χ0n) is 23.0. The van der Waals surface area contributed by atoms with Crippen molar-refractivity contribution in [3.63, 3.8) is 0 Å². The molecule has 3 aromatic rings. The van der Waals surface area contributed by atoms with Crippen LogP contribution in [-0.4, -0.2) is 76.4 Å². The first-order chi connectivity index (χ1) is 20.2. The Bertz CT molecular complexity index is 1570. The minimum Gasteiger partial charge on any atom is -0.461 e. The second-order valence-corrected chi connectivity index (χ2v) is 14.0. The maximum Gasteiger partial charge on any atom is 0.323 e. The highest BCUT2D eigenvalue weighted by molar-refractivity contribution is 8.00. The molecule has 15 heteroatoms. The number of rotatable bonds is 7.